The van der Waals surface area contributed by atoms with Gasteiger partial charge in [-0.3, -0.25) is 0 Å². The summed E-state index contributed by atoms with van der Waals surface area (Å²) in [7, 11) is -3.73. The van der Waals surface area contributed by atoms with E-state index < -0.39 is 28.1 Å². The van der Waals surface area contributed by atoms with Crippen LogP contribution in [0.15, 0.2) is 29.2 Å². The summed E-state index contributed by atoms with van der Waals surface area (Å²) in [5, 5.41) is 28.6. The Kier molecular flexibility index (Phi) is 4.17. The number of aliphatic hydroxyl groups is 3. The van der Waals surface area contributed by atoms with E-state index in [1.54, 1.807) is 12.1 Å². The Morgan fingerprint density at radius 2 is 1.90 bits per heavy atom. The molecule has 1 aromatic rings. The van der Waals surface area contributed by atoms with E-state index in [0.29, 0.717) is 0 Å². The van der Waals surface area contributed by atoms with Crippen LogP contribution in [0.5, 0.6) is 0 Å². The van der Waals surface area contributed by atoms with Crippen LogP contribution in [0.4, 0.5) is 0 Å². The van der Waals surface area contributed by atoms with E-state index in [1.165, 1.54) is 12.1 Å². The van der Waals surface area contributed by atoms with Crippen molar-refractivity contribution in [2.24, 2.45) is 5.92 Å². The highest BCUT2D eigenvalue weighted by Crippen LogP contribution is 2.31. The molecule has 1 aliphatic heterocycles. The van der Waals surface area contributed by atoms with Gasteiger partial charge in [-0.15, -0.1) is 0 Å². The second-order valence-corrected chi connectivity index (χ2v) is 7.19. The molecule has 0 aromatic heterocycles. The lowest BCUT2D eigenvalue weighted by molar-refractivity contribution is -0.0480. The first-order valence-corrected chi connectivity index (χ1v) is 7.78. The van der Waals surface area contributed by atoms with Crippen molar-refractivity contribution >= 4 is 10.0 Å². The van der Waals surface area contributed by atoms with Crippen molar-refractivity contribution in [1.29, 1.82) is 0 Å². The van der Waals surface area contributed by atoms with Crippen LogP contribution in [-0.4, -0.2) is 59.9 Å². The third kappa shape index (κ3) is 2.59. The first kappa shape index (κ1) is 15.4. The molecule has 0 aliphatic carbocycles. The molecule has 0 unspecified atom stereocenters. The summed E-state index contributed by atoms with van der Waals surface area (Å²) in [5.74, 6) is -0.687. The number of aliphatic hydroxyl groups excluding tert-OH is 2. The Morgan fingerprint density at radius 1 is 1.30 bits per heavy atom. The van der Waals surface area contributed by atoms with Gasteiger partial charge < -0.3 is 15.3 Å². The van der Waals surface area contributed by atoms with Crippen LogP contribution in [0.3, 0.4) is 0 Å². The molecule has 1 aliphatic rings. The first-order chi connectivity index (χ1) is 9.33. The fraction of sp³-hybridized carbons (Fsp3) is 0.538. The van der Waals surface area contributed by atoms with Gasteiger partial charge in [0.1, 0.15) is 5.60 Å². The number of β-amino-alcohol motifs (C(OH)–C–C–N with tert-alkyl or cyclic N) is 1. The minimum atomic E-state index is -3.73. The Bertz CT molecular complexity index is 571. The van der Waals surface area contributed by atoms with Gasteiger partial charge in [0.25, 0.3) is 0 Å². The zero-order valence-electron chi connectivity index (χ0n) is 11.2. The zero-order chi connectivity index (χ0) is 15.0. The average molecular weight is 301 g/mol. The third-order valence-electron chi connectivity index (χ3n) is 3.79. The summed E-state index contributed by atoms with van der Waals surface area (Å²) in [6.07, 6.45) is 0. The SMILES string of the molecule is Cc1ccc(S(=O)(=O)N2C[C@@H](CO)[C@](O)(CO)C2)cc1. The van der Waals surface area contributed by atoms with Crippen LogP contribution >= 0.6 is 0 Å². The average Bonchev–Trinajstić information content (AvgIpc) is 2.78. The van der Waals surface area contributed by atoms with E-state index >= 15 is 0 Å². The molecule has 1 heterocycles. The van der Waals surface area contributed by atoms with Gasteiger partial charge in [-0.2, -0.15) is 4.31 Å². The summed E-state index contributed by atoms with van der Waals surface area (Å²) < 4.78 is 26.0. The fourth-order valence-electron chi connectivity index (χ4n) is 2.36. The van der Waals surface area contributed by atoms with Gasteiger partial charge in [0.15, 0.2) is 0 Å². The van der Waals surface area contributed by atoms with Crippen molar-refractivity contribution in [2.45, 2.75) is 17.4 Å². The van der Waals surface area contributed by atoms with Crippen molar-refractivity contribution in [1.82, 2.24) is 4.31 Å². The molecular weight excluding hydrogens is 282 g/mol. The molecule has 1 fully saturated rings. The zero-order valence-corrected chi connectivity index (χ0v) is 12.0. The number of nitrogens with zero attached hydrogens (tertiary/aromatic N) is 1. The number of hydrogen-bond acceptors (Lipinski definition) is 5. The topological polar surface area (TPSA) is 98.1 Å². The third-order valence-corrected chi connectivity index (χ3v) is 5.61. The Hall–Kier alpha value is -0.990. The standard InChI is InChI=1S/C13H19NO5S/c1-10-2-4-12(5-3-10)20(18,19)14-6-11(7-15)13(17,8-14)9-16/h2-5,11,15-17H,6-9H2,1H3/t11-,13+/m0/s1. The van der Waals surface area contributed by atoms with Gasteiger partial charge in [0.05, 0.1) is 18.1 Å². The van der Waals surface area contributed by atoms with Crippen LogP contribution < -0.4 is 0 Å². The molecule has 2 atom stereocenters. The second kappa shape index (κ2) is 5.42. The van der Waals surface area contributed by atoms with E-state index in [9.17, 15) is 23.7 Å². The smallest absolute Gasteiger partial charge is 0.243 e. The maximum Gasteiger partial charge on any atom is 0.243 e. The lowest BCUT2D eigenvalue weighted by Gasteiger charge is -2.24. The molecule has 20 heavy (non-hydrogen) atoms. The summed E-state index contributed by atoms with van der Waals surface area (Å²) in [4.78, 5) is 0.141. The van der Waals surface area contributed by atoms with Crippen molar-refractivity contribution in [2.75, 3.05) is 26.3 Å². The van der Waals surface area contributed by atoms with Crippen LogP contribution in [0.25, 0.3) is 0 Å². The van der Waals surface area contributed by atoms with E-state index in [-0.39, 0.29) is 24.6 Å². The minimum Gasteiger partial charge on any atom is -0.396 e. The molecule has 0 bridgehead atoms. The lowest BCUT2D eigenvalue weighted by atomic mass is 9.93. The fourth-order valence-corrected chi connectivity index (χ4v) is 3.91. The van der Waals surface area contributed by atoms with E-state index in [0.717, 1.165) is 9.87 Å². The van der Waals surface area contributed by atoms with Crippen LogP contribution in [0.1, 0.15) is 5.56 Å². The van der Waals surface area contributed by atoms with Gasteiger partial charge in [-0.25, -0.2) is 8.42 Å². The molecule has 3 N–H and O–H groups in total. The first-order valence-electron chi connectivity index (χ1n) is 6.34. The summed E-state index contributed by atoms with van der Waals surface area (Å²) in [5.41, 5.74) is -0.641. The quantitative estimate of drug-likeness (QED) is 0.685. The normalized spacial score (nSPS) is 27.9. The van der Waals surface area contributed by atoms with Crippen molar-refractivity contribution in [3.63, 3.8) is 0 Å². The molecule has 0 saturated carbocycles. The number of benzene rings is 1. The molecule has 7 heteroatoms. The molecule has 2 rings (SSSR count). The highest BCUT2D eigenvalue weighted by molar-refractivity contribution is 7.89. The van der Waals surface area contributed by atoms with Crippen LogP contribution in [-0.2, 0) is 10.0 Å². The van der Waals surface area contributed by atoms with Gasteiger partial charge in [0.2, 0.25) is 10.0 Å². The molecule has 0 spiro atoms. The Morgan fingerprint density at radius 3 is 2.35 bits per heavy atom. The molecule has 1 aromatic carbocycles. The number of sulfonamides is 1. The number of rotatable bonds is 4. The number of hydrogen-bond donors (Lipinski definition) is 3. The summed E-state index contributed by atoms with van der Waals surface area (Å²) >= 11 is 0. The van der Waals surface area contributed by atoms with Gasteiger partial charge in [-0.05, 0) is 19.1 Å². The van der Waals surface area contributed by atoms with Crippen LogP contribution in [0, 0.1) is 12.8 Å². The Balaban J connectivity index is 2.30. The monoisotopic (exact) mass is 301 g/mol. The summed E-state index contributed by atoms with van der Waals surface area (Å²) in [6.45, 7) is 0.669. The van der Waals surface area contributed by atoms with Crippen molar-refractivity contribution in [3.8, 4) is 0 Å². The molecular formula is C13H19NO5S. The maximum atomic E-state index is 12.5. The largest absolute Gasteiger partial charge is 0.396 e. The predicted octanol–water partition coefficient (Wildman–Crippen LogP) is -0.669. The Labute approximate surface area is 118 Å². The number of aryl methyl sites for hydroxylation is 1. The van der Waals surface area contributed by atoms with Gasteiger partial charge in [-0.1, -0.05) is 17.7 Å². The van der Waals surface area contributed by atoms with E-state index in [2.05, 4.69) is 0 Å². The molecule has 1 saturated heterocycles. The molecule has 6 nitrogen and oxygen atoms in total. The van der Waals surface area contributed by atoms with Crippen LogP contribution in [0.2, 0.25) is 0 Å². The van der Waals surface area contributed by atoms with Gasteiger partial charge in [0, 0.05) is 19.0 Å². The lowest BCUT2D eigenvalue weighted by Crippen LogP contribution is -2.43. The summed E-state index contributed by atoms with van der Waals surface area (Å²) in [6, 6.07) is 6.42. The van der Waals surface area contributed by atoms with E-state index in [4.69, 9.17) is 0 Å². The van der Waals surface area contributed by atoms with Crippen molar-refractivity contribution in [3.05, 3.63) is 29.8 Å². The van der Waals surface area contributed by atoms with Gasteiger partial charge >= 0.3 is 0 Å². The minimum absolute atomic E-state index is 0.0101. The molecule has 0 radical (unpaired) electrons. The second-order valence-electron chi connectivity index (χ2n) is 5.25. The molecule has 112 valence electrons. The highest BCUT2D eigenvalue weighted by atomic mass is 32.2. The predicted molar refractivity (Wildman–Crippen MR) is 72.5 cm³/mol. The highest BCUT2D eigenvalue weighted by Gasteiger charge is 2.48. The van der Waals surface area contributed by atoms with E-state index in [1.807, 2.05) is 6.92 Å². The molecule has 0 amide bonds. The maximum absolute atomic E-state index is 12.5. The van der Waals surface area contributed by atoms with Crippen molar-refractivity contribution < 1.29 is 23.7 Å².